The van der Waals surface area contributed by atoms with Crippen molar-refractivity contribution in [3.05, 3.63) is 102 Å². The molecule has 0 atom stereocenters. The lowest BCUT2D eigenvalue weighted by Gasteiger charge is -2.42. The van der Waals surface area contributed by atoms with Gasteiger partial charge in [-0.1, -0.05) is 78.9 Å². The van der Waals surface area contributed by atoms with E-state index in [1.165, 1.54) is 12.2 Å². The van der Waals surface area contributed by atoms with E-state index in [4.69, 9.17) is 9.57 Å². The number of hydroxylamine groups is 1. The van der Waals surface area contributed by atoms with E-state index in [2.05, 4.69) is 12.1 Å². The predicted octanol–water partition coefficient (Wildman–Crippen LogP) is 5.34. The topological polar surface area (TPSA) is 59.1 Å². The lowest BCUT2D eigenvalue weighted by molar-refractivity contribution is -0.126. The molecule has 0 saturated carbocycles. The number of hydrogen-bond acceptors (Lipinski definition) is 4. The van der Waals surface area contributed by atoms with Crippen LogP contribution in [0.1, 0.15) is 30.4 Å². The van der Waals surface area contributed by atoms with Gasteiger partial charge in [-0.2, -0.15) is 5.06 Å². The Labute approximate surface area is 200 Å². The Morgan fingerprint density at radius 2 is 1.41 bits per heavy atom. The summed E-state index contributed by atoms with van der Waals surface area (Å²) >= 11 is 0. The number of carbonyl (C=O) groups is 2. The summed E-state index contributed by atoms with van der Waals surface area (Å²) in [6.45, 7) is 1.29. The van der Waals surface area contributed by atoms with Crippen LogP contribution in [0.3, 0.4) is 0 Å². The number of hydrogen-bond donors (Lipinski definition) is 0. The summed E-state index contributed by atoms with van der Waals surface area (Å²) in [5.74, 6) is -0.113. The Morgan fingerprint density at radius 3 is 2.00 bits per heavy atom. The summed E-state index contributed by atoms with van der Waals surface area (Å²) in [5, 5.41) is 1.35. The molecule has 1 heterocycles. The van der Waals surface area contributed by atoms with E-state index in [9.17, 15) is 9.59 Å². The summed E-state index contributed by atoms with van der Waals surface area (Å²) in [5.41, 5.74) is 2.36. The van der Waals surface area contributed by atoms with E-state index >= 15 is 0 Å². The standard InChI is InChI=1S/C28H30N2O4/c1-33-30(25-15-9-4-10-16-25)26(31)21-28(24-13-7-3-8-14-24)17-19-29(20-18-28)27(32)34-22-23-11-5-2-6-12-23/h2-16H,17-22H2,1H3. The predicted molar refractivity (Wildman–Crippen MR) is 131 cm³/mol. The number of rotatable bonds is 7. The molecule has 6 nitrogen and oxygen atoms in total. The number of carbonyl (C=O) groups excluding carboxylic acids is 2. The van der Waals surface area contributed by atoms with Gasteiger partial charge >= 0.3 is 6.09 Å². The Balaban J connectivity index is 1.46. The van der Waals surface area contributed by atoms with E-state index in [-0.39, 0.29) is 30.4 Å². The molecule has 0 N–H and O–H groups in total. The number of ether oxygens (including phenoxy) is 1. The van der Waals surface area contributed by atoms with E-state index in [0.29, 0.717) is 31.6 Å². The van der Waals surface area contributed by atoms with Gasteiger partial charge in [0.05, 0.1) is 12.8 Å². The van der Waals surface area contributed by atoms with E-state index in [0.717, 1.165) is 11.1 Å². The van der Waals surface area contributed by atoms with Gasteiger partial charge in [-0.15, -0.1) is 0 Å². The summed E-state index contributed by atoms with van der Waals surface area (Å²) in [6, 6.07) is 29.1. The minimum atomic E-state index is -0.389. The molecule has 4 rings (SSSR count). The molecule has 0 spiro atoms. The summed E-state index contributed by atoms with van der Waals surface area (Å²) in [7, 11) is 1.51. The first-order chi connectivity index (χ1) is 16.6. The largest absolute Gasteiger partial charge is 0.445 e. The van der Waals surface area contributed by atoms with Crippen LogP contribution in [-0.4, -0.2) is 37.1 Å². The van der Waals surface area contributed by atoms with Crippen LogP contribution in [0, 0.1) is 0 Å². The molecule has 0 bridgehead atoms. The zero-order chi connectivity index (χ0) is 23.8. The van der Waals surface area contributed by atoms with Crippen LogP contribution >= 0.6 is 0 Å². The van der Waals surface area contributed by atoms with Crippen molar-refractivity contribution in [2.75, 3.05) is 25.3 Å². The maximum absolute atomic E-state index is 13.4. The molecule has 3 aromatic rings. The molecular formula is C28H30N2O4. The highest BCUT2D eigenvalue weighted by atomic mass is 16.7. The monoisotopic (exact) mass is 458 g/mol. The maximum Gasteiger partial charge on any atom is 0.410 e. The zero-order valence-electron chi connectivity index (χ0n) is 19.4. The molecule has 0 radical (unpaired) electrons. The van der Waals surface area contributed by atoms with Crippen LogP contribution in [0.5, 0.6) is 0 Å². The Kier molecular flexibility index (Phi) is 7.60. The summed E-state index contributed by atoms with van der Waals surface area (Å²) in [4.78, 5) is 33.3. The fourth-order valence-corrected chi connectivity index (χ4v) is 4.56. The molecule has 0 aliphatic carbocycles. The first-order valence-electron chi connectivity index (χ1n) is 11.5. The molecule has 0 aromatic heterocycles. The summed E-state index contributed by atoms with van der Waals surface area (Å²) in [6.07, 6.45) is 1.29. The van der Waals surface area contributed by atoms with Crippen molar-refractivity contribution in [3.8, 4) is 0 Å². The summed E-state index contributed by atoms with van der Waals surface area (Å²) < 4.78 is 5.53. The highest BCUT2D eigenvalue weighted by Crippen LogP contribution is 2.39. The molecule has 1 saturated heterocycles. The molecule has 2 amide bonds. The Hall–Kier alpha value is -3.64. The van der Waals surface area contributed by atoms with Crippen molar-refractivity contribution in [3.63, 3.8) is 0 Å². The van der Waals surface area contributed by atoms with Crippen LogP contribution in [0.25, 0.3) is 0 Å². The van der Waals surface area contributed by atoms with Gasteiger partial charge in [-0.05, 0) is 36.1 Å². The van der Waals surface area contributed by atoms with E-state index in [1.54, 1.807) is 4.90 Å². The van der Waals surface area contributed by atoms with Crippen LogP contribution in [0.2, 0.25) is 0 Å². The minimum absolute atomic E-state index is 0.113. The van der Waals surface area contributed by atoms with Crippen molar-refractivity contribution < 1.29 is 19.2 Å². The smallest absolute Gasteiger partial charge is 0.410 e. The van der Waals surface area contributed by atoms with Crippen LogP contribution in [0.15, 0.2) is 91.0 Å². The van der Waals surface area contributed by atoms with Crippen molar-refractivity contribution in [1.82, 2.24) is 4.90 Å². The fourth-order valence-electron chi connectivity index (χ4n) is 4.56. The van der Waals surface area contributed by atoms with Crippen molar-refractivity contribution >= 4 is 17.7 Å². The molecule has 1 aliphatic heterocycles. The zero-order valence-corrected chi connectivity index (χ0v) is 19.4. The molecule has 6 heteroatoms. The second-order valence-electron chi connectivity index (χ2n) is 8.56. The number of benzene rings is 3. The van der Waals surface area contributed by atoms with Crippen molar-refractivity contribution in [2.45, 2.75) is 31.3 Å². The minimum Gasteiger partial charge on any atom is -0.445 e. The molecular weight excluding hydrogens is 428 g/mol. The van der Waals surface area contributed by atoms with Gasteiger partial charge in [-0.3, -0.25) is 9.63 Å². The SMILES string of the molecule is CON(C(=O)CC1(c2ccccc2)CCN(C(=O)OCc2ccccc2)CC1)c1ccccc1. The molecule has 3 aromatic carbocycles. The lowest BCUT2D eigenvalue weighted by atomic mass is 9.70. The number of para-hydroxylation sites is 1. The van der Waals surface area contributed by atoms with Gasteiger partial charge in [0.25, 0.3) is 5.91 Å². The third-order valence-electron chi connectivity index (χ3n) is 6.46. The van der Waals surface area contributed by atoms with E-state index < -0.39 is 0 Å². The molecule has 176 valence electrons. The molecule has 34 heavy (non-hydrogen) atoms. The van der Waals surface area contributed by atoms with Crippen LogP contribution in [-0.2, 0) is 26.4 Å². The second-order valence-corrected chi connectivity index (χ2v) is 8.56. The quantitative estimate of drug-likeness (QED) is 0.449. The molecule has 1 fully saturated rings. The third-order valence-corrected chi connectivity index (χ3v) is 6.46. The second kappa shape index (κ2) is 11.0. The lowest BCUT2D eigenvalue weighted by Crippen LogP contribution is -2.47. The van der Waals surface area contributed by atoms with Gasteiger partial charge in [0, 0.05) is 24.9 Å². The first-order valence-corrected chi connectivity index (χ1v) is 11.5. The highest BCUT2D eigenvalue weighted by Gasteiger charge is 2.40. The molecule has 0 unspecified atom stereocenters. The third kappa shape index (κ3) is 5.46. The van der Waals surface area contributed by atoms with Crippen molar-refractivity contribution in [1.29, 1.82) is 0 Å². The average Bonchev–Trinajstić information content (AvgIpc) is 2.90. The van der Waals surface area contributed by atoms with E-state index in [1.807, 2.05) is 78.9 Å². The van der Waals surface area contributed by atoms with Gasteiger partial charge in [0.2, 0.25) is 0 Å². The van der Waals surface area contributed by atoms with Crippen LogP contribution in [0.4, 0.5) is 10.5 Å². The van der Waals surface area contributed by atoms with Gasteiger partial charge < -0.3 is 9.64 Å². The number of piperidine rings is 1. The fraction of sp³-hybridized carbons (Fsp3) is 0.286. The number of nitrogens with zero attached hydrogens (tertiary/aromatic N) is 2. The van der Waals surface area contributed by atoms with Gasteiger partial charge in [0.1, 0.15) is 6.61 Å². The van der Waals surface area contributed by atoms with Crippen LogP contribution < -0.4 is 5.06 Å². The van der Waals surface area contributed by atoms with Gasteiger partial charge in [-0.25, -0.2) is 4.79 Å². The first kappa shape index (κ1) is 23.5. The Morgan fingerprint density at radius 1 is 0.853 bits per heavy atom. The number of likely N-dealkylation sites (tertiary alicyclic amines) is 1. The maximum atomic E-state index is 13.4. The average molecular weight is 459 g/mol. The highest BCUT2D eigenvalue weighted by molar-refractivity contribution is 5.92. The molecule has 1 aliphatic rings. The number of amides is 2. The van der Waals surface area contributed by atoms with Crippen molar-refractivity contribution in [2.24, 2.45) is 0 Å². The number of anilines is 1. The normalized spacial score (nSPS) is 14.9. The van der Waals surface area contributed by atoms with Gasteiger partial charge in [0.15, 0.2) is 0 Å². The Bertz CT molecular complexity index is 1070.